The normalized spacial score (nSPS) is 14.1. The molecule has 158 valence electrons. The standard InChI is InChI=1S/C24H23N3O4/c1-27(2)24(30)16-10-6-11-17(23(16)29)25-22-18(14-19(22)28)26-21(20-12-7-13-31-20)15-8-4-3-5-9-15/h3-13,21,25-26,29H,14H2,1-2H3. The second-order valence-electron chi connectivity index (χ2n) is 7.48. The molecule has 1 aromatic heterocycles. The molecule has 1 aliphatic rings. The number of furan rings is 1. The van der Waals surface area contributed by atoms with E-state index in [0.29, 0.717) is 17.1 Å². The van der Waals surface area contributed by atoms with Gasteiger partial charge >= 0.3 is 0 Å². The molecule has 1 aliphatic carbocycles. The van der Waals surface area contributed by atoms with Gasteiger partial charge < -0.3 is 25.1 Å². The van der Waals surface area contributed by atoms with Crippen LogP contribution in [0.1, 0.15) is 34.1 Å². The molecule has 1 amide bonds. The molecular formula is C24H23N3O4. The first-order valence-electron chi connectivity index (χ1n) is 9.87. The number of rotatable bonds is 7. The fourth-order valence-corrected chi connectivity index (χ4v) is 3.45. The first kappa shape index (κ1) is 20.3. The predicted molar refractivity (Wildman–Crippen MR) is 117 cm³/mol. The number of phenols is 1. The SMILES string of the molecule is CN(C)C(=O)c1cccc(NC2=C(NC(c3ccccc3)c3ccco3)CC2=O)c1O. The van der Waals surface area contributed by atoms with Gasteiger partial charge in [-0.25, -0.2) is 0 Å². The fraction of sp³-hybridized carbons (Fsp3) is 0.167. The van der Waals surface area contributed by atoms with Gasteiger partial charge in [0.2, 0.25) is 0 Å². The summed E-state index contributed by atoms with van der Waals surface area (Å²) >= 11 is 0. The number of carbonyl (C=O) groups excluding carboxylic acids is 2. The highest BCUT2D eigenvalue weighted by atomic mass is 16.3. The topological polar surface area (TPSA) is 94.8 Å². The Morgan fingerprint density at radius 2 is 1.84 bits per heavy atom. The summed E-state index contributed by atoms with van der Waals surface area (Å²) in [4.78, 5) is 26.0. The van der Waals surface area contributed by atoms with E-state index in [-0.39, 0.29) is 35.5 Å². The molecule has 7 nitrogen and oxygen atoms in total. The molecule has 0 radical (unpaired) electrons. The molecule has 3 aromatic rings. The Balaban J connectivity index is 1.63. The Hall–Kier alpha value is -4.00. The van der Waals surface area contributed by atoms with E-state index in [1.807, 2.05) is 42.5 Å². The molecular weight excluding hydrogens is 394 g/mol. The average molecular weight is 417 g/mol. The lowest BCUT2D eigenvalue weighted by Crippen LogP contribution is -2.35. The van der Waals surface area contributed by atoms with Crippen LogP contribution in [0.5, 0.6) is 5.75 Å². The number of carbonyl (C=O) groups is 2. The van der Waals surface area contributed by atoms with Crippen LogP contribution in [0.3, 0.4) is 0 Å². The zero-order chi connectivity index (χ0) is 22.0. The van der Waals surface area contributed by atoms with Crippen molar-refractivity contribution < 1.29 is 19.1 Å². The largest absolute Gasteiger partial charge is 0.505 e. The van der Waals surface area contributed by atoms with Crippen LogP contribution in [0.25, 0.3) is 0 Å². The van der Waals surface area contributed by atoms with E-state index < -0.39 is 0 Å². The Labute approximate surface area is 180 Å². The fourth-order valence-electron chi connectivity index (χ4n) is 3.45. The lowest BCUT2D eigenvalue weighted by atomic mass is 9.95. The number of nitrogens with zero attached hydrogens (tertiary/aromatic N) is 1. The summed E-state index contributed by atoms with van der Waals surface area (Å²) in [6.45, 7) is 0. The maximum atomic E-state index is 12.3. The van der Waals surface area contributed by atoms with Crippen molar-refractivity contribution >= 4 is 17.4 Å². The van der Waals surface area contributed by atoms with Gasteiger partial charge in [-0.3, -0.25) is 9.59 Å². The number of amides is 1. The van der Waals surface area contributed by atoms with Gasteiger partial charge in [-0.05, 0) is 29.8 Å². The molecule has 1 unspecified atom stereocenters. The van der Waals surface area contributed by atoms with Crippen molar-refractivity contribution in [2.45, 2.75) is 12.5 Å². The second kappa shape index (κ2) is 8.39. The number of hydrogen-bond donors (Lipinski definition) is 3. The van der Waals surface area contributed by atoms with E-state index in [2.05, 4.69) is 10.6 Å². The van der Waals surface area contributed by atoms with Gasteiger partial charge in [0.05, 0.1) is 23.9 Å². The Morgan fingerprint density at radius 3 is 2.48 bits per heavy atom. The van der Waals surface area contributed by atoms with Crippen molar-refractivity contribution in [2.24, 2.45) is 0 Å². The van der Waals surface area contributed by atoms with E-state index in [1.54, 1.807) is 38.6 Å². The Bertz CT molecular complexity index is 1130. The molecule has 2 aromatic carbocycles. The van der Waals surface area contributed by atoms with Gasteiger partial charge in [-0.15, -0.1) is 0 Å². The van der Waals surface area contributed by atoms with Gasteiger partial charge in [0.15, 0.2) is 11.5 Å². The van der Waals surface area contributed by atoms with Crippen LogP contribution in [-0.4, -0.2) is 35.8 Å². The molecule has 4 rings (SSSR count). The summed E-state index contributed by atoms with van der Waals surface area (Å²) in [5.74, 6) is 0.116. The van der Waals surface area contributed by atoms with Crippen LogP contribution in [0.15, 0.2) is 82.7 Å². The van der Waals surface area contributed by atoms with E-state index in [0.717, 1.165) is 11.3 Å². The van der Waals surface area contributed by atoms with Gasteiger partial charge in [0, 0.05) is 19.8 Å². The first-order chi connectivity index (χ1) is 15.0. The van der Waals surface area contributed by atoms with Gasteiger partial charge in [-0.1, -0.05) is 36.4 Å². The smallest absolute Gasteiger partial charge is 0.257 e. The monoisotopic (exact) mass is 417 g/mol. The van der Waals surface area contributed by atoms with E-state index in [4.69, 9.17) is 4.42 Å². The number of ketones is 1. The van der Waals surface area contributed by atoms with E-state index in [1.165, 1.54) is 4.90 Å². The zero-order valence-electron chi connectivity index (χ0n) is 17.3. The summed E-state index contributed by atoms with van der Waals surface area (Å²) in [5.41, 5.74) is 2.51. The van der Waals surface area contributed by atoms with E-state index in [9.17, 15) is 14.7 Å². The number of nitrogens with one attached hydrogen (secondary N) is 2. The minimum atomic E-state index is -0.324. The van der Waals surface area contributed by atoms with Gasteiger partial charge in [0.25, 0.3) is 5.91 Å². The lowest BCUT2D eigenvalue weighted by Gasteiger charge is -2.29. The van der Waals surface area contributed by atoms with Gasteiger partial charge in [-0.2, -0.15) is 0 Å². The van der Waals surface area contributed by atoms with Crippen LogP contribution in [0.2, 0.25) is 0 Å². The number of allylic oxidation sites excluding steroid dienone is 2. The highest BCUT2D eigenvalue weighted by molar-refractivity contribution is 6.07. The molecule has 0 fully saturated rings. The molecule has 0 spiro atoms. The number of Topliss-reactive ketones (excluding diaryl/α,β-unsaturated/α-hetero) is 1. The number of benzene rings is 2. The molecule has 0 saturated heterocycles. The molecule has 7 heteroatoms. The third-order valence-electron chi connectivity index (χ3n) is 5.13. The van der Waals surface area contributed by atoms with Crippen LogP contribution in [0, 0.1) is 0 Å². The summed E-state index contributed by atoms with van der Waals surface area (Å²) in [7, 11) is 3.22. The van der Waals surface area contributed by atoms with Crippen molar-refractivity contribution in [3.63, 3.8) is 0 Å². The first-order valence-corrected chi connectivity index (χ1v) is 9.87. The maximum Gasteiger partial charge on any atom is 0.257 e. The summed E-state index contributed by atoms with van der Waals surface area (Å²) in [5, 5.41) is 17.0. The van der Waals surface area contributed by atoms with E-state index >= 15 is 0 Å². The molecule has 0 bridgehead atoms. The van der Waals surface area contributed by atoms with Crippen molar-refractivity contribution in [3.8, 4) is 5.75 Å². The Kier molecular flexibility index (Phi) is 5.49. The second-order valence-corrected chi connectivity index (χ2v) is 7.48. The minimum Gasteiger partial charge on any atom is -0.505 e. The Morgan fingerprint density at radius 1 is 1.06 bits per heavy atom. The van der Waals surface area contributed by atoms with Crippen molar-refractivity contribution in [2.75, 3.05) is 19.4 Å². The lowest BCUT2D eigenvalue weighted by molar-refractivity contribution is -0.116. The number of phenolic OH excluding ortho intramolecular Hbond substituents is 1. The summed E-state index contributed by atoms with van der Waals surface area (Å²) in [6, 6.07) is 18.0. The number of aromatic hydroxyl groups is 1. The van der Waals surface area contributed by atoms with Crippen molar-refractivity contribution in [1.82, 2.24) is 10.2 Å². The predicted octanol–water partition coefficient (Wildman–Crippen LogP) is 3.66. The average Bonchev–Trinajstić information content (AvgIpc) is 3.30. The molecule has 0 aliphatic heterocycles. The van der Waals surface area contributed by atoms with Crippen LogP contribution in [-0.2, 0) is 4.79 Å². The minimum absolute atomic E-state index is 0.0857. The van der Waals surface area contributed by atoms with Crippen LogP contribution >= 0.6 is 0 Å². The van der Waals surface area contributed by atoms with Crippen molar-refractivity contribution in [3.05, 3.63) is 95.2 Å². The summed E-state index contributed by atoms with van der Waals surface area (Å²) in [6.07, 6.45) is 1.85. The van der Waals surface area contributed by atoms with Crippen LogP contribution in [0.4, 0.5) is 5.69 Å². The number of para-hydroxylation sites is 1. The molecule has 1 atom stereocenters. The third kappa shape index (κ3) is 4.02. The molecule has 0 saturated carbocycles. The summed E-state index contributed by atoms with van der Waals surface area (Å²) < 4.78 is 5.61. The number of hydrogen-bond acceptors (Lipinski definition) is 6. The van der Waals surface area contributed by atoms with Gasteiger partial charge in [0.1, 0.15) is 17.5 Å². The zero-order valence-corrected chi connectivity index (χ0v) is 17.3. The highest BCUT2D eigenvalue weighted by Crippen LogP contribution is 2.34. The van der Waals surface area contributed by atoms with Crippen molar-refractivity contribution in [1.29, 1.82) is 0 Å². The molecule has 3 N–H and O–H groups in total. The third-order valence-corrected chi connectivity index (χ3v) is 5.13. The molecule has 1 heterocycles. The maximum absolute atomic E-state index is 12.3. The molecule has 31 heavy (non-hydrogen) atoms. The van der Waals surface area contributed by atoms with Crippen LogP contribution < -0.4 is 10.6 Å². The highest BCUT2D eigenvalue weighted by Gasteiger charge is 2.31. The quantitative estimate of drug-likeness (QED) is 0.508. The number of anilines is 1.